The van der Waals surface area contributed by atoms with Gasteiger partial charge in [0.25, 0.3) is 0 Å². The number of amides is 1. The van der Waals surface area contributed by atoms with Crippen LogP contribution >= 0.6 is 11.6 Å². The summed E-state index contributed by atoms with van der Waals surface area (Å²) in [5, 5.41) is -0.0662. The molecule has 2 aromatic rings. The van der Waals surface area contributed by atoms with Crippen molar-refractivity contribution >= 4 is 27.3 Å². The zero-order valence-electron chi connectivity index (χ0n) is 15.3. The Bertz CT molecular complexity index is 1050. The van der Waals surface area contributed by atoms with Crippen molar-refractivity contribution in [1.82, 2.24) is 4.90 Å². The second-order valence-electron chi connectivity index (χ2n) is 6.74. The van der Waals surface area contributed by atoms with Crippen LogP contribution in [0.5, 0.6) is 11.5 Å². The minimum atomic E-state index is -4.63. The smallest absolute Gasteiger partial charge is 0.416 e. The van der Waals surface area contributed by atoms with E-state index in [0.717, 1.165) is 30.9 Å². The van der Waals surface area contributed by atoms with Gasteiger partial charge in [-0.15, -0.1) is 0 Å². The zero-order chi connectivity index (χ0) is 21.4. The Morgan fingerprint density at radius 2 is 1.86 bits per heavy atom. The van der Waals surface area contributed by atoms with Gasteiger partial charge in [-0.2, -0.15) is 13.2 Å². The van der Waals surface area contributed by atoms with Crippen molar-refractivity contribution < 1.29 is 31.1 Å². The highest BCUT2D eigenvalue weighted by atomic mass is 35.5. The van der Waals surface area contributed by atoms with Gasteiger partial charge in [0, 0.05) is 19.3 Å². The number of likely N-dealkylation sites (tertiary alicyclic amines) is 1. The molecule has 2 aromatic carbocycles. The maximum atomic E-state index is 13.3. The fourth-order valence-corrected chi connectivity index (χ4v) is 3.69. The number of nitrogens with zero attached hydrogens (tertiary/aromatic N) is 1. The molecule has 29 heavy (non-hydrogen) atoms. The Balaban J connectivity index is 1.91. The molecule has 1 saturated heterocycles. The van der Waals surface area contributed by atoms with Gasteiger partial charge < -0.3 is 9.64 Å². The normalized spacial score (nSPS) is 14.4. The molecule has 0 spiro atoms. The van der Waals surface area contributed by atoms with Crippen LogP contribution in [-0.2, 0) is 27.2 Å². The summed E-state index contributed by atoms with van der Waals surface area (Å²) in [6, 6.07) is 6.74. The first-order valence-corrected chi connectivity index (χ1v) is 10.9. The van der Waals surface area contributed by atoms with Gasteiger partial charge in [-0.05, 0) is 48.4 Å². The summed E-state index contributed by atoms with van der Waals surface area (Å²) in [4.78, 5) is 13.7. The molecule has 0 radical (unpaired) electrons. The topological polar surface area (TPSA) is 63.7 Å². The number of alkyl halides is 3. The molecule has 1 amide bonds. The second-order valence-corrected chi connectivity index (χ2v) is 9.16. The van der Waals surface area contributed by atoms with Crippen LogP contribution in [0.4, 0.5) is 13.2 Å². The average molecular weight is 448 g/mol. The molecule has 0 unspecified atom stereocenters. The Kier molecular flexibility index (Phi) is 5.82. The average Bonchev–Trinajstić information content (AvgIpc) is 2.53. The van der Waals surface area contributed by atoms with E-state index in [2.05, 4.69) is 0 Å². The molecule has 3 rings (SSSR count). The van der Waals surface area contributed by atoms with Crippen LogP contribution in [0, 0.1) is 0 Å². The lowest BCUT2D eigenvalue weighted by molar-refractivity contribution is -0.138. The maximum Gasteiger partial charge on any atom is 0.416 e. The third-order valence-corrected chi connectivity index (χ3v) is 5.82. The predicted octanol–water partition coefficient (Wildman–Crippen LogP) is 4.33. The lowest BCUT2D eigenvalue weighted by atomic mass is 10.0. The SMILES string of the molecule is CS(=O)(=O)c1ccc(Oc2cc(CC(=O)N3CCC3)cc(C(F)(F)F)c2)c(Cl)c1. The van der Waals surface area contributed by atoms with Gasteiger partial charge in [0.15, 0.2) is 9.84 Å². The molecule has 0 N–H and O–H groups in total. The number of hydrogen-bond acceptors (Lipinski definition) is 4. The number of carbonyl (C=O) groups is 1. The molecule has 10 heteroatoms. The molecule has 0 atom stereocenters. The minimum absolute atomic E-state index is 0.00147. The Morgan fingerprint density at radius 3 is 2.38 bits per heavy atom. The Morgan fingerprint density at radius 1 is 1.17 bits per heavy atom. The number of sulfone groups is 1. The first-order valence-electron chi connectivity index (χ1n) is 8.60. The van der Waals surface area contributed by atoms with Gasteiger partial charge in [0.1, 0.15) is 11.5 Å². The zero-order valence-corrected chi connectivity index (χ0v) is 16.9. The van der Waals surface area contributed by atoms with Crippen LogP contribution in [0.15, 0.2) is 41.3 Å². The van der Waals surface area contributed by atoms with E-state index in [9.17, 15) is 26.4 Å². The third kappa shape index (κ3) is 5.22. The summed E-state index contributed by atoms with van der Waals surface area (Å²) in [6.07, 6.45) is -2.92. The summed E-state index contributed by atoms with van der Waals surface area (Å²) < 4.78 is 68.5. The third-order valence-electron chi connectivity index (χ3n) is 4.42. The molecule has 0 aliphatic carbocycles. The molecule has 1 heterocycles. The quantitative estimate of drug-likeness (QED) is 0.684. The summed E-state index contributed by atoms with van der Waals surface area (Å²) >= 11 is 6.03. The molecular weight excluding hydrogens is 431 g/mol. The minimum Gasteiger partial charge on any atom is -0.456 e. The molecule has 5 nitrogen and oxygen atoms in total. The molecule has 1 aliphatic heterocycles. The van der Waals surface area contributed by atoms with Gasteiger partial charge in [-0.25, -0.2) is 8.42 Å². The monoisotopic (exact) mass is 447 g/mol. The summed E-state index contributed by atoms with van der Waals surface area (Å²) in [7, 11) is -3.50. The van der Waals surface area contributed by atoms with E-state index in [4.69, 9.17) is 16.3 Å². The molecule has 0 saturated carbocycles. The molecule has 156 valence electrons. The highest BCUT2D eigenvalue weighted by Crippen LogP contribution is 2.36. The lowest BCUT2D eigenvalue weighted by Crippen LogP contribution is -2.42. The number of ether oxygens (including phenoxy) is 1. The summed E-state index contributed by atoms with van der Waals surface area (Å²) in [5.41, 5.74) is -0.791. The van der Waals surface area contributed by atoms with Crippen molar-refractivity contribution in [2.24, 2.45) is 0 Å². The highest BCUT2D eigenvalue weighted by Gasteiger charge is 2.32. The van der Waals surface area contributed by atoms with Crippen molar-refractivity contribution in [1.29, 1.82) is 0 Å². The Labute approximate surface area is 170 Å². The van der Waals surface area contributed by atoms with Crippen LogP contribution in [0.2, 0.25) is 5.02 Å². The van der Waals surface area contributed by atoms with Gasteiger partial charge in [0.05, 0.1) is 21.9 Å². The molecule has 1 aliphatic rings. The molecule has 1 fully saturated rings. The highest BCUT2D eigenvalue weighted by molar-refractivity contribution is 7.90. The van der Waals surface area contributed by atoms with Crippen molar-refractivity contribution in [2.75, 3.05) is 19.3 Å². The van der Waals surface area contributed by atoms with E-state index < -0.39 is 21.6 Å². The molecule has 0 aromatic heterocycles. The van der Waals surface area contributed by atoms with E-state index in [1.54, 1.807) is 4.90 Å². The fraction of sp³-hybridized carbons (Fsp3) is 0.316. The number of halogens is 4. The van der Waals surface area contributed by atoms with E-state index in [1.165, 1.54) is 18.2 Å². The summed E-state index contributed by atoms with van der Waals surface area (Å²) in [6.45, 7) is 1.20. The van der Waals surface area contributed by atoms with Crippen LogP contribution in [-0.4, -0.2) is 38.6 Å². The van der Waals surface area contributed by atoms with Crippen LogP contribution in [0.25, 0.3) is 0 Å². The Hall–Kier alpha value is -2.26. The first kappa shape index (κ1) is 21.4. The molecule has 0 bridgehead atoms. The molecular formula is C19H17ClF3NO4S. The van der Waals surface area contributed by atoms with Crippen molar-refractivity contribution in [3.63, 3.8) is 0 Å². The number of hydrogen-bond donors (Lipinski definition) is 0. The van der Waals surface area contributed by atoms with Gasteiger partial charge in [0.2, 0.25) is 5.91 Å². The van der Waals surface area contributed by atoms with Crippen LogP contribution < -0.4 is 4.74 Å². The number of carbonyl (C=O) groups excluding carboxylic acids is 1. The lowest BCUT2D eigenvalue weighted by Gasteiger charge is -2.31. The van der Waals surface area contributed by atoms with Crippen molar-refractivity contribution in [3.05, 3.63) is 52.5 Å². The number of benzene rings is 2. The standard InChI is InChI=1S/C19H17ClF3NO4S/c1-29(26,27)15-3-4-17(16(20)11-15)28-14-8-12(7-13(10-14)19(21,22)23)9-18(25)24-5-2-6-24/h3-4,7-8,10-11H,2,5-6,9H2,1H3. The van der Waals surface area contributed by atoms with Gasteiger partial charge in [-0.1, -0.05) is 11.6 Å². The van der Waals surface area contributed by atoms with E-state index in [0.29, 0.717) is 13.1 Å². The predicted molar refractivity (Wildman–Crippen MR) is 101 cm³/mol. The van der Waals surface area contributed by atoms with Gasteiger partial charge >= 0.3 is 6.18 Å². The van der Waals surface area contributed by atoms with Crippen LogP contribution in [0.3, 0.4) is 0 Å². The largest absolute Gasteiger partial charge is 0.456 e. The van der Waals surface area contributed by atoms with Gasteiger partial charge in [-0.3, -0.25) is 4.79 Å². The van der Waals surface area contributed by atoms with Crippen LogP contribution in [0.1, 0.15) is 17.5 Å². The van der Waals surface area contributed by atoms with Crippen molar-refractivity contribution in [2.45, 2.75) is 23.9 Å². The maximum absolute atomic E-state index is 13.3. The second kappa shape index (κ2) is 7.87. The van der Waals surface area contributed by atoms with E-state index >= 15 is 0 Å². The first-order chi connectivity index (χ1) is 13.4. The van der Waals surface area contributed by atoms with E-state index in [-0.39, 0.29) is 39.3 Å². The van der Waals surface area contributed by atoms with Crippen molar-refractivity contribution in [3.8, 4) is 11.5 Å². The summed E-state index contributed by atoms with van der Waals surface area (Å²) in [5.74, 6) is -0.407. The fourth-order valence-electron chi connectivity index (χ4n) is 2.76. The van der Waals surface area contributed by atoms with E-state index in [1.807, 2.05) is 0 Å². The number of rotatable bonds is 5.